The molecule has 0 unspecified atom stereocenters. The summed E-state index contributed by atoms with van der Waals surface area (Å²) < 4.78 is 5.26. The average molecular weight is 338 g/mol. The number of nitrogen functional groups attached to an aromatic ring is 1. The molecule has 2 N–H and O–H groups in total. The highest BCUT2D eigenvalue weighted by Crippen LogP contribution is 2.16. The average Bonchev–Trinajstić information content (AvgIpc) is 2.56. The van der Waals surface area contributed by atoms with Crippen LogP contribution >= 0.6 is 11.6 Å². The van der Waals surface area contributed by atoms with Crippen LogP contribution in [-0.2, 0) is 4.74 Å². The van der Waals surface area contributed by atoms with Crippen molar-refractivity contribution < 1.29 is 9.66 Å². The highest BCUT2D eigenvalue weighted by atomic mass is 35.5. The van der Waals surface area contributed by atoms with Crippen LogP contribution in [0, 0.1) is 10.1 Å². The van der Waals surface area contributed by atoms with Gasteiger partial charge in [-0.15, -0.1) is 0 Å². The Morgan fingerprint density at radius 2 is 1.87 bits per heavy atom. The molecular formula is C14H16ClN5O3. The van der Waals surface area contributed by atoms with Crippen molar-refractivity contribution in [3.8, 4) is 0 Å². The number of morpholine rings is 1. The fourth-order valence-corrected chi connectivity index (χ4v) is 2.11. The van der Waals surface area contributed by atoms with Crippen molar-refractivity contribution in [3.05, 3.63) is 52.1 Å². The summed E-state index contributed by atoms with van der Waals surface area (Å²) in [5, 5.41) is 10.3. The molecule has 8 nitrogen and oxygen atoms in total. The molecule has 3 heterocycles. The zero-order valence-corrected chi connectivity index (χ0v) is 13.0. The molecule has 3 rings (SSSR count). The van der Waals surface area contributed by atoms with Crippen molar-refractivity contribution in [2.75, 3.05) is 36.9 Å². The van der Waals surface area contributed by atoms with E-state index >= 15 is 0 Å². The Labute approximate surface area is 138 Å². The molecule has 0 aromatic carbocycles. The standard InChI is InChI=1S/C9H13N3O.C5H3ClN2O2/c10-8-5-9(7-11-6-8)12-1-3-13-4-2-12;6-4-1-5(8(9)10)3-7-2-4/h5-7H,1-4,10H2;1-3H. The Hall–Kier alpha value is -2.45. The van der Waals surface area contributed by atoms with Crippen LogP contribution in [0.3, 0.4) is 0 Å². The maximum Gasteiger partial charge on any atom is 0.289 e. The second kappa shape index (κ2) is 8.25. The van der Waals surface area contributed by atoms with Crippen LogP contribution in [0.1, 0.15) is 0 Å². The van der Waals surface area contributed by atoms with Gasteiger partial charge in [0, 0.05) is 31.5 Å². The molecule has 0 radical (unpaired) electrons. The lowest BCUT2D eigenvalue weighted by Crippen LogP contribution is -2.36. The van der Waals surface area contributed by atoms with Gasteiger partial charge in [0.05, 0.1) is 40.7 Å². The van der Waals surface area contributed by atoms with E-state index in [-0.39, 0.29) is 10.7 Å². The number of hydrogen-bond donors (Lipinski definition) is 1. The monoisotopic (exact) mass is 337 g/mol. The Bertz CT molecular complexity index is 664. The zero-order valence-electron chi connectivity index (χ0n) is 12.3. The highest BCUT2D eigenvalue weighted by molar-refractivity contribution is 6.30. The fourth-order valence-electron chi connectivity index (χ4n) is 1.94. The maximum absolute atomic E-state index is 10.1. The minimum absolute atomic E-state index is 0.0903. The van der Waals surface area contributed by atoms with Crippen LogP contribution in [-0.4, -0.2) is 41.2 Å². The summed E-state index contributed by atoms with van der Waals surface area (Å²) in [6, 6.07) is 3.19. The number of rotatable bonds is 2. The first-order chi connectivity index (χ1) is 11.1. The number of pyridine rings is 2. The van der Waals surface area contributed by atoms with Crippen molar-refractivity contribution in [3.63, 3.8) is 0 Å². The molecular weight excluding hydrogens is 322 g/mol. The molecule has 1 aliphatic heterocycles. The van der Waals surface area contributed by atoms with Gasteiger partial charge in [0.25, 0.3) is 5.69 Å². The number of aromatic nitrogens is 2. The number of nitrogens with two attached hydrogens (primary N) is 1. The van der Waals surface area contributed by atoms with Gasteiger partial charge in [-0.3, -0.25) is 20.1 Å². The van der Waals surface area contributed by atoms with E-state index < -0.39 is 4.92 Å². The van der Waals surface area contributed by atoms with E-state index in [1.54, 1.807) is 6.20 Å². The largest absolute Gasteiger partial charge is 0.397 e. The van der Waals surface area contributed by atoms with Gasteiger partial charge in [0.2, 0.25) is 0 Å². The number of halogens is 1. The first-order valence-corrected chi connectivity index (χ1v) is 7.22. The van der Waals surface area contributed by atoms with E-state index in [4.69, 9.17) is 22.1 Å². The topological polar surface area (TPSA) is 107 Å². The number of nitrogens with zero attached hydrogens (tertiary/aromatic N) is 4. The first kappa shape index (κ1) is 16.9. The van der Waals surface area contributed by atoms with Gasteiger partial charge in [-0.2, -0.15) is 0 Å². The Kier molecular flexibility index (Phi) is 6.07. The normalized spacial score (nSPS) is 13.9. The molecule has 0 aliphatic carbocycles. The Morgan fingerprint density at radius 3 is 2.43 bits per heavy atom. The van der Waals surface area contributed by atoms with Crippen molar-refractivity contribution in [1.82, 2.24) is 9.97 Å². The lowest BCUT2D eigenvalue weighted by Gasteiger charge is -2.28. The van der Waals surface area contributed by atoms with Gasteiger partial charge in [-0.05, 0) is 6.07 Å². The van der Waals surface area contributed by atoms with Gasteiger partial charge in [-0.25, -0.2) is 0 Å². The SMILES string of the molecule is Nc1cncc(N2CCOCC2)c1.O=[N+]([O-])c1cncc(Cl)c1. The third kappa shape index (κ3) is 5.35. The number of hydrogen-bond acceptors (Lipinski definition) is 7. The van der Waals surface area contributed by atoms with Gasteiger partial charge < -0.3 is 15.4 Å². The Morgan fingerprint density at radius 1 is 1.17 bits per heavy atom. The summed E-state index contributed by atoms with van der Waals surface area (Å²) in [6.07, 6.45) is 5.98. The minimum Gasteiger partial charge on any atom is -0.397 e. The van der Waals surface area contributed by atoms with Crippen LogP contribution in [0.25, 0.3) is 0 Å². The molecule has 0 atom stereocenters. The minimum atomic E-state index is -0.543. The van der Waals surface area contributed by atoms with E-state index in [0.29, 0.717) is 5.69 Å². The van der Waals surface area contributed by atoms with Crippen molar-refractivity contribution in [1.29, 1.82) is 0 Å². The van der Waals surface area contributed by atoms with E-state index in [1.807, 2.05) is 12.3 Å². The molecule has 0 amide bonds. The fraction of sp³-hybridized carbons (Fsp3) is 0.286. The van der Waals surface area contributed by atoms with Crippen molar-refractivity contribution in [2.24, 2.45) is 0 Å². The first-order valence-electron chi connectivity index (χ1n) is 6.84. The predicted octanol–water partition coefficient (Wildman–Crippen LogP) is 2.14. The van der Waals surface area contributed by atoms with E-state index in [0.717, 1.165) is 38.2 Å². The van der Waals surface area contributed by atoms with Gasteiger partial charge >= 0.3 is 0 Å². The van der Waals surface area contributed by atoms with E-state index in [1.165, 1.54) is 12.3 Å². The third-order valence-corrected chi connectivity index (χ3v) is 3.23. The summed E-state index contributed by atoms with van der Waals surface area (Å²) in [7, 11) is 0. The smallest absolute Gasteiger partial charge is 0.289 e. The number of ether oxygens (including phenoxy) is 1. The molecule has 0 bridgehead atoms. The van der Waals surface area contributed by atoms with E-state index in [9.17, 15) is 10.1 Å². The molecule has 9 heteroatoms. The lowest BCUT2D eigenvalue weighted by atomic mass is 10.3. The van der Waals surface area contributed by atoms with Gasteiger partial charge in [-0.1, -0.05) is 11.6 Å². The molecule has 23 heavy (non-hydrogen) atoms. The molecule has 0 saturated carbocycles. The highest BCUT2D eigenvalue weighted by Gasteiger charge is 2.10. The summed E-state index contributed by atoms with van der Waals surface area (Å²) in [5.41, 5.74) is 7.35. The molecule has 0 spiro atoms. The predicted molar refractivity (Wildman–Crippen MR) is 87.6 cm³/mol. The summed E-state index contributed by atoms with van der Waals surface area (Å²) >= 11 is 5.42. The summed E-state index contributed by atoms with van der Waals surface area (Å²) in [6.45, 7) is 3.42. The summed E-state index contributed by atoms with van der Waals surface area (Å²) in [5.74, 6) is 0. The maximum atomic E-state index is 10.1. The van der Waals surface area contributed by atoms with Crippen LogP contribution in [0.4, 0.5) is 17.1 Å². The quantitative estimate of drug-likeness (QED) is 0.660. The molecule has 2 aromatic heterocycles. The van der Waals surface area contributed by atoms with Gasteiger partial charge in [0.15, 0.2) is 0 Å². The third-order valence-electron chi connectivity index (χ3n) is 3.02. The van der Waals surface area contributed by atoms with Crippen LogP contribution < -0.4 is 10.6 Å². The Balaban J connectivity index is 0.000000174. The van der Waals surface area contributed by atoms with Crippen LogP contribution in [0.5, 0.6) is 0 Å². The molecule has 1 saturated heterocycles. The molecule has 1 aliphatic rings. The van der Waals surface area contributed by atoms with Crippen molar-refractivity contribution in [2.45, 2.75) is 0 Å². The second-order valence-electron chi connectivity index (χ2n) is 4.69. The molecule has 122 valence electrons. The second-order valence-corrected chi connectivity index (χ2v) is 5.13. The van der Waals surface area contributed by atoms with Crippen LogP contribution in [0.15, 0.2) is 36.9 Å². The number of nitro groups is 1. The summed E-state index contributed by atoms with van der Waals surface area (Å²) in [4.78, 5) is 19.3. The van der Waals surface area contributed by atoms with E-state index in [2.05, 4.69) is 14.9 Å². The van der Waals surface area contributed by atoms with Crippen LogP contribution in [0.2, 0.25) is 5.02 Å². The number of anilines is 2. The van der Waals surface area contributed by atoms with Gasteiger partial charge in [0.1, 0.15) is 6.20 Å². The lowest BCUT2D eigenvalue weighted by molar-refractivity contribution is -0.385. The zero-order chi connectivity index (χ0) is 16.7. The molecule has 2 aromatic rings. The van der Waals surface area contributed by atoms with Crippen molar-refractivity contribution >= 4 is 28.7 Å². The molecule has 1 fully saturated rings.